The smallest absolute Gasteiger partial charge is 0.230 e. The molecular formula is C20H25ClN2O. The molecule has 128 valence electrons. The van der Waals surface area contributed by atoms with Crippen LogP contribution in [0.15, 0.2) is 60.7 Å². The predicted molar refractivity (Wildman–Crippen MR) is 101 cm³/mol. The second-order valence-electron chi connectivity index (χ2n) is 6.37. The van der Waals surface area contributed by atoms with Gasteiger partial charge in [-0.15, -0.1) is 12.4 Å². The Morgan fingerprint density at radius 3 is 2.25 bits per heavy atom. The number of anilines is 1. The van der Waals surface area contributed by atoms with Gasteiger partial charge in [0.1, 0.15) is 0 Å². The molecule has 0 aliphatic heterocycles. The molecule has 2 N–H and O–H groups in total. The number of carbonyl (C=O) groups is 1. The number of halogens is 1. The van der Waals surface area contributed by atoms with Crippen LogP contribution in [0.1, 0.15) is 31.2 Å². The van der Waals surface area contributed by atoms with Crippen molar-refractivity contribution in [1.82, 2.24) is 0 Å². The van der Waals surface area contributed by atoms with Gasteiger partial charge >= 0.3 is 0 Å². The number of hydrogen-bond donors (Lipinski definition) is 1. The zero-order valence-electron chi connectivity index (χ0n) is 13.8. The number of rotatable bonds is 4. The minimum absolute atomic E-state index is 0. The number of nitrogens with two attached hydrogens (primary N) is 1. The average Bonchev–Trinajstić information content (AvgIpc) is 2.61. The Morgan fingerprint density at radius 2 is 1.62 bits per heavy atom. The molecule has 2 aromatic carbocycles. The molecule has 24 heavy (non-hydrogen) atoms. The Bertz CT molecular complexity index is 633. The minimum Gasteiger partial charge on any atom is -0.328 e. The van der Waals surface area contributed by atoms with Gasteiger partial charge in [0.15, 0.2) is 0 Å². The van der Waals surface area contributed by atoms with E-state index < -0.39 is 0 Å². The number of para-hydroxylation sites is 1. The lowest BCUT2D eigenvalue weighted by atomic mass is 9.85. The topological polar surface area (TPSA) is 46.3 Å². The number of benzene rings is 2. The van der Waals surface area contributed by atoms with Crippen molar-refractivity contribution in [3.8, 4) is 0 Å². The van der Waals surface area contributed by atoms with Gasteiger partial charge in [-0.25, -0.2) is 0 Å². The van der Waals surface area contributed by atoms with Gasteiger partial charge in [0.2, 0.25) is 5.91 Å². The number of carbonyl (C=O) groups excluding carboxylic acids is 1. The Balaban J connectivity index is 0.00000208. The van der Waals surface area contributed by atoms with Crippen molar-refractivity contribution in [3.63, 3.8) is 0 Å². The van der Waals surface area contributed by atoms with E-state index in [9.17, 15) is 4.79 Å². The zero-order chi connectivity index (χ0) is 16.1. The van der Waals surface area contributed by atoms with Crippen LogP contribution in [0, 0.1) is 5.92 Å². The van der Waals surface area contributed by atoms with Crippen molar-refractivity contribution >= 4 is 24.0 Å². The van der Waals surface area contributed by atoms with Gasteiger partial charge in [-0.1, -0.05) is 55.0 Å². The first kappa shape index (κ1) is 18.5. The summed E-state index contributed by atoms with van der Waals surface area (Å²) in [5, 5.41) is 0. The Labute approximate surface area is 150 Å². The second-order valence-corrected chi connectivity index (χ2v) is 6.37. The first-order valence-corrected chi connectivity index (χ1v) is 8.40. The minimum atomic E-state index is 0. The summed E-state index contributed by atoms with van der Waals surface area (Å²) >= 11 is 0. The highest BCUT2D eigenvalue weighted by Crippen LogP contribution is 2.28. The van der Waals surface area contributed by atoms with Crippen LogP contribution in [0.2, 0.25) is 0 Å². The normalized spacial score (nSPS) is 20.0. The van der Waals surface area contributed by atoms with Crippen molar-refractivity contribution in [1.29, 1.82) is 0 Å². The Morgan fingerprint density at radius 1 is 1.00 bits per heavy atom. The monoisotopic (exact) mass is 344 g/mol. The van der Waals surface area contributed by atoms with Crippen LogP contribution in [-0.2, 0) is 11.3 Å². The van der Waals surface area contributed by atoms with Crippen LogP contribution in [0.3, 0.4) is 0 Å². The standard InChI is InChI=1S/C20H24N2O.ClH/c21-18-11-7-10-17(14-18)20(23)22(19-12-5-2-6-13-19)15-16-8-3-1-4-9-16;/h1-6,8-9,12-13,17-18H,7,10-11,14-15,21H2;1H. The predicted octanol–water partition coefficient (Wildman–Crippen LogP) is 4.16. The van der Waals surface area contributed by atoms with E-state index in [1.54, 1.807) is 0 Å². The van der Waals surface area contributed by atoms with Crippen LogP contribution in [-0.4, -0.2) is 11.9 Å². The molecule has 1 amide bonds. The molecule has 1 saturated carbocycles. The highest BCUT2D eigenvalue weighted by Gasteiger charge is 2.29. The summed E-state index contributed by atoms with van der Waals surface area (Å²) in [7, 11) is 0. The maximum Gasteiger partial charge on any atom is 0.230 e. The fourth-order valence-corrected chi connectivity index (χ4v) is 3.34. The molecule has 2 aromatic rings. The molecule has 4 heteroatoms. The van der Waals surface area contributed by atoms with E-state index in [-0.39, 0.29) is 30.3 Å². The maximum absolute atomic E-state index is 13.1. The number of amides is 1. The van der Waals surface area contributed by atoms with Gasteiger partial charge in [-0.2, -0.15) is 0 Å². The third-order valence-electron chi connectivity index (χ3n) is 4.58. The number of hydrogen-bond acceptors (Lipinski definition) is 2. The number of nitrogens with zero attached hydrogens (tertiary/aromatic N) is 1. The molecule has 1 aliphatic rings. The quantitative estimate of drug-likeness (QED) is 0.905. The molecule has 0 spiro atoms. The lowest BCUT2D eigenvalue weighted by Gasteiger charge is -2.31. The molecule has 2 unspecified atom stereocenters. The van der Waals surface area contributed by atoms with E-state index in [1.807, 2.05) is 53.4 Å². The van der Waals surface area contributed by atoms with E-state index in [0.717, 1.165) is 36.9 Å². The molecule has 2 atom stereocenters. The van der Waals surface area contributed by atoms with Crippen LogP contribution in [0.4, 0.5) is 5.69 Å². The summed E-state index contributed by atoms with van der Waals surface area (Å²) in [5.74, 6) is 0.248. The van der Waals surface area contributed by atoms with E-state index in [1.165, 1.54) is 0 Å². The summed E-state index contributed by atoms with van der Waals surface area (Å²) < 4.78 is 0. The van der Waals surface area contributed by atoms with Gasteiger partial charge < -0.3 is 10.6 Å². The molecule has 0 aromatic heterocycles. The summed E-state index contributed by atoms with van der Waals surface area (Å²) in [4.78, 5) is 15.0. The van der Waals surface area contributed by atoms with Gasteiger partial charge in [0.25, 0.3) is 0 Å². The molecule has 0 radical (unpaired) electrons. The van der Waals surface area contributed by atoms with Crippen molar-refractivity contribution in [2.45, 2.75) is 38.3 Å². The lowest BCUT2D eigenvalue weighted by Crippen LogP contribution is -2.40. The van der Waals surface area contributed by atoms with Gasteiger partial charge in [0, 0.05) is 17.6 Å². The van der Waals surface area contributed by atoms with Gasteiger partial charge in [-0.05, 0) is 37.0 Å². The SMILES string of the molecule is Cl.NC1CCCC(C(=O)N(Cc2ccccc2)c2ccccc2)C1. The molecule has 1 aliphatic carbocycles. The van der Waals surface area contributed by atoms with Crippen molar-refractivity contribution in [2.24, 2.45) is 11.7 Å². The molecule has 3 rings (SSSR count). The molecule has 0 heterocycles. The van der Waals surface area contributed by atoms with E-state index in [4.69, 9.17) is 5.73 Å². The van der Waals surface area contributed by atoms with E-state index in [0.29, 0.717) is 6.54 Å². The summed E-state index contributed by atoms with van der Waals surface area (Å²) in [5.41, 5.74) is 8.19. The molecule has 0 saturated heterocycles. The summed E-state index contributed by atoms with van der Waals surface area (Å²) in [6, 6.07) is 20.3. The average molecular weight is 345 g/mol. The van der Waals surface area contributed by atoms with Crippen molar-refractivity contribution in [2.75, 3.05) is 4.90 Å². The third-order valence-corrected chi connectivity index (χ3v) is 4.58. The fraction of sp³-hybridized carbons (Fsp3) is 0.350. The first-order chi connectivity index (χ1) is 11.2. The molecular weight excluding hydrogens is 320 g/mol. The lowest BCUT2D eigenvalue weighted by molar-refractivity contribution is -0.123. The highest BCUT2D eigenvalue weighted by atomic mass is 35.5. The van der Waals surface area contributed by atoms with Crippen LogP contribution >= 0.6 is 12.4 Å². The van der Waals surface area contributed by atoms with Crippen LogP contribution in [0.5, 0.6) is 0 Å². The highest BCUT2D eigenvalue weighted by molar-refractivity contribution is 5.95. The Hall–Kier alpha value is -1.84. The van der Waals surface area contributed by atoms with E-state index in [2.05, 4.69) is 12.1 Å². The van der Waals surface area contributed by atoms with Crippen LogP contribution < -0.4 is 10.6 Å². The fourth-order valence-electron chi connectivity index (χ4n) is 3.34. The molecule has 1 fully saturated rings. The van der Waals surface area contributed by atoms with Gasteiger partial charge in [-0.3, -0.25) is 4.79 Å². The molecule has 3 nitrogen and oxygen atoms in total. The second kappa shape index (κ2) is 8.86. The summed E-state index contributed by atoms with van der Waals surface area (Å²) in [6.07, 6.45) is 3.83. The largest absolute Gasteiger partial charge is 0.328 e. The van der Waals surface area contributed by atoms with Crippen molar-refractivity contribution in [3.05, 3.63) is 66.2 Å². The first-order valence-electron chi connectivity index (χ1n) is 8.40. The summed E-state index contributed by atoms with van der Waals surface area (Å²) in [6.45, 7) is 0.607. The third kappa shape index (κ3) is 4.59. The molecule has 0 bridgehead atoms. The Kier molecular flexibility index (Phi) is 6.83. The van der Waals surface area contributed by atoms with Gasteiger partial charge in [0.05, 0.1) is 6.54 Å². The van der Waals surface area contributed by atoms with E-state index >= 15 is 0 Å². The maximum atomic E-state index is 13.1. The zero-order valence-corrected chi connectivity index (χ0v) is 14.6. The van der Waals surface area contributed by atoms with Crippen LogP contribution in [0.25, 0.3) is 0 Å². The van der Waals surface area contributed by atoms with Crippen molar-refractivity contribution < 1.29 is 4.79 Å².